The van der Waals surface area contributed by atoms with E-state index in [1.807, 2.05) is 0 Å². The third-order valence-corrected chi connectivity index (χ3v) is 7.88. The van der Waals surface area contributed by atoms with Crippen LogP contribution in [0.2, 0.25) is 0 Å². The van der Waals surface area contributed by atoms with E-state index in [4.69, 9.17) is 4.74 Å². The van der Waals surface area contributed by atoms with Crippen LogP contribution in [0.15, 0.2) is 18.7 Å². The lowest BCUT2D eigenvalue weighted by Crippen LogP contribution is -2.14. The summed E-state index contributed by atoms with van der Waals surface area (Å²) < 4.78 is 7.29. The Morgan fingerprint density at radius 2 is 1.21 bits per heavy atom. The molecule has 0 N–H and O–H groups in total. The highest BCUT2D eigenvalue weighted by Crippen LogP contribution is 2.23. The molecule has 2 atom stereocenters. The molecule has 0 fully saturated rings. The highest BCUT2D eigenvalue weighted by molar-refractivity contribution is 5.78. The first-order valence-electron chi connectivity index (χ1n) is 16.3. The lowest BCUT2D eigenvalue weighted by atomic mass is 9.91. The van der Waals surface area contributed by atoms with E-state index in [9.17, 15) is 9.59 Å². The van der Waals surface area contributed by atoms with E-state index in [0.717, 1.165) is 25.7 Å². The van der Waals surface area contributed by atoms with Crippen molar-refractivity contribution in [3.05, 3.63) is 18.7 Å². The van der Waals surface area contributed by atoms with Crippen LogP contribution in [0.5, 0.6) is 0 Å². The molecule has 0 aliphatic heterocycles. The number of carbonyl (C=O) groups excluding carboxylic acids is 2. The van der Waals surface area contributed by atoms with Crippen LogP contribution in [-0.2, 0) is 9.53 Å². The Hall–Kier alpha value is -1.65. The zero-order valence-corrected chi connectivity index (χ0v) is 25.3. The Bertz CT molecular complexity index is 674. The number of esters is 1. The summed E-state index contributed by atoms with van der Waals surface area (Å²) in [4.78, 5) is 28.8. The van der Waals surface area contributed by atoms with Crippen LogP contribution in [0.4, 0.5) is 0 Å². The fourth-order valence-electron chi connectivity index (χ4n) is 5.32. The summed E-state index contributed by atoms with van der Waals surface area (Å²) in [5, 5.41) is 0. The molecule has 5 heteroatoms. The van der Waals surface area contributed by atoms with Crippen LogP contribution < -0.4 is 0 Å². The van der Waals surface area contributed by atoms with Crippen LogP contribution in [0.3, 0.4) is 0 Å². The minimum absolute atomic E-state index is 0.00599. The Balaban J connectivity index is 2.16. The van der Waals surface area contributed by atoms with Gasteiger partial charge in [0.05, 0.1) is 6.61 Å². The average Bonchev–Trinajstić information content (AvgIpc) is 3.46. The number of hydrogen-bond acceptors (Lipinski definition) is 4. The normalized spacial score (nSPS) is 12.9. The first-order valence-corrected chi connectivity index (χ1v) is 16.3. The molecule has 2 unspecified atom stereocenters. The minimum atomic E-state index is -0.00599. The summed E-state index contributed by atoms with van der Waals surface area (Å²) in [5.41, 5.74) is 0. The standard InChI is InChI=1S/C33H60N2O3/c1-4-7-10-16-21-30(27-32(36)35-26-25-34-29-35)22-18-14-12-13-15-19-24-33(37)38-28-31(20-9-6-3)23-17-11-8-5-2/h25-26,29-31H,4-24,27-28H2,1-3H3. The van der Waals surface area contributed by atoms with Gasteiger partial charge in [-0.05, 0) is 43.9 Å². The highest BCUT2D eigenvalue weighted by atomic mass is 16.5. The molecule has 5 nitrogen and oxygen atoms in total. The Morgan fingerprint density at radius 3 is 1.79 bits per heavy atom. The molecule has 0 saturated carbocycles. The van der Waals surface area contributed by atoms with Gasteiger partial charge in [0.2, 0.25) is 5.91 Å². The number of ether oxygens (including phenoxy) is 1. The van der Waals surface area contributed by atoms with Crippen molar-refractivity contribution >= 4 is 11.9 Å². The van der Waals surface area contributed by atoms with Gasteiger partial charge in [0.15, 0.2) is 0 Å². The van der Waals surface area contributed by atoms with Gasteiger partial charge in [0.1, 0.15) is 6.33 Å². The third kappa shape index (κ3) is 18.6. The third-order valence-electron chi connectivity index (χ3n) is 7.88. The number of aromatic nitrogens is 2. The molecule has 0 radical (unpaired) electrons. The smallest absolute Gasteiger partial charge is 0.305 e. The summed E-state index contributed by atoms with van der Waals surface area (Å²) in [6, 6.07) is 0. The van der Waals surface area contributed by atoms with Crippen molar-refractivity contribution in [2.24, 2.45) is 11.8 Å². The van der Waals surface area contributed by atoms with Gasteiger partial charge in [0.25, 0.3) is 0 Å². The van der Waals surface area contributed by atoms with Crippen molar-refractivity contribution in [1.82, 2.24) is 9.55 Å². The highest BCUT2D eigenvalue weighted by Gasteiger charge is 2.15. The van der Waals surface area contributed by atoms with Gasteiger partial charge in [0, 0.05) is 25.2 Å². The zero-order valence-electron chi connectivity index (χ0n) is 25.3. The zero-order chi connectivity index (χ0) is 27.7. The van der Waals surface area contributed by atoms with Crippen molar-refractivity contribution in [3.8, 4) is 0 Å². The second-order valence-electron chi connectivity index (χ2n) is 11.5. The molecule has 220 valence electrons. The van der Waals surface area contributed by atoms with Gasteiger partial charge in [-0.2, -0.15) is 0 Å². The maximum absolute atomic E-state index is 12.6. The molecular weight excluding hydrogens is 472 g/mol. The van der Waals surface area contributed by atoms with Gasteiger partial charge < -0.3 is 4.74 Å². The van der Waals surface area contributed by atoms with E-state index in [0.29, 0.717) is 31.3 Å². The van der Waals surface area contributed by atoms with E-state index in [2.05, 4.69) is 25.8 Å². The molecule has 0 bridgehead atoms. The van der Waals surface area contributed by atoms with Crippen molar-refractivity contribution in [2.75, 3.05) is 6.61 Å². The topological polar surface area (TPSA) is 61.2 Å². The van der Waals surface area contributed by atoms with E-state index in [1.54, 1.807) is 23.3 Å². The lowest BCUT2D eigenvalue weighted by Gasteiger charge is -2.17. The molecule has 1 heterocycles. The first kappa shape index (κ1) is 34.4. The number of unbranched alkanes of at least 4 members (excludes halogenated alkanes) is 12. The van der Waals surface area contributed by atoms with E-state index in [1.165, 1.54) is 103 Å². The van der Waals surface area contributed by atoms with E-state index in [-0.39, 0.29) is 11.9 Å². The monoisotopic (exact) mass is 532 g/mol. The van der Waals surface area contributed by atoms with Gasteiger partial charge in [-0.15, -0.1) is 0 Å². The molecule has 0 aliphatic rings. The van der Waals surface area contributed by atoms with Gasteiger partial charge >= 0.3 is 5.97 Å². The van der Waals surface area contributed by atoms with Crippen LogP contribution in [-0.4, -0.2) is 28.0 Å². The molecule has 1 rings (SSSR count). The van der Waals surface area contributed by atoms with Crippen LogP contribution in [0.1, 0.15) is 167 Å². The van der Waals surface area contributed by atoms with Gasteiger partial charge in [-0.1, -0.05) is 117 Å². The number of hydrogen-bond donors (Lipinski definition) is 0. The van der Waals surface area contributed by atoms with Crippen LogP contribution >= 0.6 is 0 Å². The number of rotatable bonds is 26. The van der Waals surface area contributed by atoms with Crippen molar-refractivity contribution in [2.45, 2.75) is 162 Å². The number of nitrogens with zero attached hydrogens (tertiary/aromatic N) is 2. The number of carbonyl (C=O) groups is 2. The van der Waals surface area contributed by atoms with E-state index < -0.39 is 0 Å². The predicted octanol–water partition coefficient (Wildman–Crippen LogP) is 9.94. The minimum Gasteiger partial charge on any atom is -0.465 e. The Kier molecular flexibility index (Phi) is 22.1. The Morgan fingerprint density at radius 1 is 0.684 bits per heavy atom. The molecule has 38 heavy (non-hydrogen) atoms. The van der Waals surface area contributed by atoms with E-state index >= 15 is 0 Å². The second kappa shape index (κ2) is 24.4. The molecule has 0 amide bonds. The van der Waals surface area contributed by atoms with Crippen molar-refractivity contribution in [3.63, 3.8) is 0 Å². The fourth-order valence-corrected chi connectivity index (χ4v) is 5.32. The predicted molar refractivity (Wildman–Crippen MR) is 159 cm³/mol. The SMILES string of the molecule is CCCCCCC(CCCC)COC(=O)CCCCCCCCC(CCCCCC)CC(=O)n1ccnc1. The first-order chi connectivity index (χ1) is 18.6. The molecule has 0 aromatic carbocycles. The average molecular weight is 533 g/mol. The van der Waals surface area contributed by atoms with Crippen molar-refractivity contribution in [1.29, 1.82) is 0 Å². The maximum atomic E-state index is 12.6. The van der Waals surface area contributed by atoms with Crippen LogP contribution in [0.25, 0.3) is 0 Å². The molecule has 0 saturated heterocycles. The van der Waals surface area contributed by atoms with Crippen LogP contribution in [0, 0.1) is 11.8 Å². The number of imidazole rings is 1. The summed E-state index contributed by atoms with van der Waals surface area (Å²) in [5.74, 6) is 1.18. The largest absolute Gasteiger partial charge is 0.465 e. The van der Waals surface area contributed by atoms with Gasteiger partial charge in [-0.25, -0.2) is 4.98 Å². The molecule has 0 spiro atoms. The Labute approximate surface area is 234 Å². The molecule has 1 aromatic rings. The molecule has 1 aromatic heterocycles. The second-order valence-corrected chi connectivity index (χ2v) is 11.5. The fraction of sp³-hybridized carbons (Fsp3) is 0.848. The summed E-state index contributed by atoms with van der Waals surface area (Å²) in [6.07, 6.45) is 30.4. The molecule has 0 aliphatic carbocycles. The molecular formula is C33H60N2O3. The van der Waals surface area contributed by atoms with Gasteiger partial charge in [-0.3, -0.25) is 14.2 Å². The summed E-state index contributed by atoms with van der Waals surface area (Å²) >= 11 is 0. The van der Waals surface area contributed by atoms with Crippen molar-refractivity contribution < 1.29 is 14.3 Å². The summed E-state index contributed by atoms with van der Waals surface area (Å²) in [7, 11) is 0. The lowest BCUT2D eigenvalue weighted by molar-refractivity contribution is -0.145. The summed E-state index contributed by atoms with van der Waals surface area (Å²) in [6.45, 7) is 7.34. The maximum Gasteiger partial charge on any atom is 0.305 e. The quantitative estimate of drug-likeness (QED) is 0.0879.